The van der Waals surface area contributed by atoms with Crippen LogP contribution in [0.5, 0.6) is 0 Å². The number of nitrogens with one attached hydrogen (secondary N) is 2. The molecule has 204 valence electrons. The van der Waals surface area contributed by atoms with Crippen LogP contribution in [0.3, 0.4) is 0 Å². The molecule has 1 spiro atoms. The second-order valence-electron chi connectivity index (χ2n) is 10.4. The first-order valence-corrected chi connectivity index (χ1v) is 13.7. The number of carbonyl (C=O) groups excluding carboxylic acids is 2. The molecule has 39 heavy (non-hydrogen) atoms. The minimum Gasteiger partial charge on any atom is -0.345 e. The molecule has 1 aromatic heterocycles. The smallest absolute Gasteiger partial charge is 0.275 e. The third-order valence-electron chi connectivity index (χ3n) is 8.02. The van der Waals surface area contributed by atoms with E-state index in [2.05, 4.69) is 39.8 Å². The number of benzene rings is 2. The number of aromatic nitrogens is 4. The zero-order valence-corrected chi connectivity index (χ0v) is 22.4. The first-order chi connectivity index (χ1) is 18.9. The van der Waals surface area contributed by atoms with Gasteiger partial charge in [0, 0.05) is 11.1 Å². The van der Waals surface area contributed by atoms with Gasteiger partial charge >= 0.3 is 0 Å². The molecule has 1 atom stereocenters. The Morgan fingerprint density at radius 3 is 2.46 bits per heavy atom. The Bertz CT molecular complexity index is 1310. The van der Waals surface area contributed by atoms with Gasteiger partial charge in [0.1, 0.15) is 17.2 Å². The molecule has 2 aromatic carbocycles. The van der Waals surface area contributed by atoms with Gasteiger partial charge in [-0.05, 0) is 80.0 Å². The SMILES string of the molecule is CCC[C@H](c1ccc(C(=O)NCc2nn[nH]n2)cc1)N1C(=O)C(c2ccc(F)cc2)=NC12CCC(CC)CC2. The van der Waals surface area contributed by atoms with Crippen molar-refractivity contribution in [1.29, 1.82) is 0 Å². The first-order valence-electron chi connectivity index (χ1n) is 13.7. The average molecular weight is 532 g/mol. The molecule has 1 saturated carbocycles. The van der Waals surface area contributed by atoms with Crippen LogP contribution < -0.4 is 5.32 Å². The Kier molecular flexibility index (Phi) is 7.81. The van der Waals surface area contributed by atoms with E-state index < -0.39 is 5.66 Å². The van der Waals surface area contributed by atoms with Crippen molar-refractivity contribution in [2.24, 2.45) is 10.9 Å². The van der Waals surface area contributed by atoms with Crippen LogP contribution in [0.25, 0.3) is 0 Å². The molecule has 0 radical (unpaired) electrons. The number of carbonyl (C=O) groups is 2. The number of hydrogen-bond acceptors (Lipinski definition) is 6. The number of aromatic amines is 1. The minimum atomic E-state index is -0.618. The van der Waals surface area contributed by atoms with Crippen LogP contribution in [0, 0.1) is 11.7 Å². The molecule has 2 heterocycles. The molecule has 5 rings (SSSR count). The van der Waals surface area contributed by atoms with Crippen molar-refractivity contribution in [1.82, 2.24) is 30.8 Å². The number of rotatable bonds is 9. The van der Waals surface area contributed by atoms with E-state index in [1.807, 2.05) is 17.0 Å². The van der Waals surface area contributed by atoms with Crippen molar-refractivity contribution in [3.63, 3.8) is 0 Å². The van der Waals surface area contributed by atoms with Gasteiger partial charge in [0.25, 0.3) is 11.8 Å². The van der Waals surface area contributed by atoms with Gasteiger partial charge in [-0.2, -0.15) is 5.21 Å². The van der Waals surface area contributed by atoms with Gasteiger partial charge in [-0.25, -0.2) is 4.39 Å². The fourth-order valence-corrected chi connectivity index (χ4v) is 5.83. The lowest BCUT2D eigenvalue weighted by atomic mass is 9.79. The summed E-state index contributed by atoms with van der Waals surface area (Å²) in [5.41, 5.74) is 1.90. The molecule has 0 bridgehead atoms. The highest BCUT2D eigenvalue weighted by Crippen LogP contribution is 2.47. The van der Waals surface area contributed by atoms with Crippen molar-refractivity contribution in [3.05, 3.63) is 76.9 Å². The van der Waals surface area contributed by atoms with E-state index in [1.54, 1.807) is 24.3 Å². The highest BCUT2D eigenvalue weighted by Gasteiger charge is 2.51. The van der Waals surface area contributed by atoms with Crippen molar-refractivity contribution in [2.75, 3.05) is 0 Å². The summed E-state index contributed by atoms with van der Waals surface area (Å²) in [6.45, 7) is 4.49. The number of H-pyrrole nitrogens is 1. The Balaban J connectivity index is 1.43. The van der Waals surface area contributed by atoms with Crippen LogP contribution in [0.2, 0.25) is 0 Å². The van der Waals surface area contributed by atoms with Crippen LogP contribution in [0.15, 0.2) is 53.5 Å². The van der Waals surface area contributed by atoms with E-state index in [-0.39, 0.29) is 30.2 Å². The second kappa shape index (κ2) is 11.4. The number of halogens is 1. The summed E-state index contributed by atoms with van der Waals surface area (Å²) < 4.78 is 13.7. The highest BCUT2D eigenvalue weighted by molar-refractivity contribution is 6.46. The van der Waals surface area contributed by atoms with Gasteiger partial charge in [0.15, 0.2) is 5.82 Å². The number of aliphatic imine (C=N–C) groups is 1. The first kappa shape index (κ1) is 26.6. The molecule has 9 nitrogen and oxygen atoms in total. The van der Waals surface area contributed by atoms with Crippen LogP contribution >= 0.6 is 0 Å². The minimum absolute atomic E-state index is 0.114. The van der Waals surface area contributed by atoms with Gasteiger partial charge in [0.2, 0.25) is 0 Å². The summed E-state index contributed by atoms with van der Waals surface area (Å²) in [5.74, 6) is 0.331. The number of amides is 2. The molecule has 3 aromatic rings. The largest absolute Gasteiger partial charge is 0.345 e. The van der Waals surface area contributed by atoms with Crippen molar-refractivity contribution >= 4 is 17.5 Å². The molecule has 2 N–H and O–H groups in total. The lowest BCUT2D eigenvalue weighted by Gasteiger charge is -2.45. The van der Waals surface area contributed by atoms with E-state index in [9.17, 15) is 14.0 Å². The summed E-state index contributed by atoms with van der Waals surface area (Å²) in [6.07, 6.45) is 6.39. The monoisotopic (exact) mass is 531 g/mol. The van der Waals surface area contributed by atoms with Gasteiger partial charge < -0.3 is 10.2 Å². The van der Waals surface area contributed by atoms with Crippen LogP contribution in [0.4, 0.5) is 4.39 Å². The Labute approximate surface area is 227 Å². The zero-order valence-electron chi connectivity index (χ0n) is 22.4. The zero-order chi connectivity index (χ0) is 27.4. The highest BCUT2D eigenvalue weighted by atomic mass is 19.1. The molecule has 0 unspecified atom stereocenters. The molecular weight excluding hydrogens is 497 g/mol. The fourth-order valence-electron chi connectivity index (χ4n) is 5.83. The molecule has 2 aliphatic rings. The van der Waals surface area contributed by atoms with Crippen molar-refractivity contribution < 1.29 is 14.0 Å². The lowest BCUT2D eigenvalue weighted by Crippen LogP contribution is -2.50. The second-order valence-corrected chi connectivity index (χ2v) is 10.4. The molecule has 10 heteroatoms. The van der Waals surface area contributed by atoms with Crippen LogP contribution in [-0.4, -0.2) is 48.7 Å². The Hall–Kier alpha value is -3.95. The molecule has 1 aliphatic carbocycles. The van der Waals surface area contributed by atoms with Crippen molar-refractivity contribution in [2.45, 2.75) is 77.0 Å². The topological polar surface area (TPSA) is 116 Å². The van der Waals surface area contributed by atoms with E-state index >= 15 is 0 Å². The number of nitrogens with zero attached hydrogens (tertiary/aromatic N) is 5. The lowest BCUT2D eigenvalue weighted by molar-refractivity contribution is -0.133. The summed E-state index contributed by atoms with van der Waals surface area (Å²) in [4.78, 5) is 33.9. The summed E-state index contributed by atoms with van der Waals surface area (Å²) in [7, 11) is 0. The summed E-state index contributed by atoms with van der Waals surface area (Å²) in [6, 6.07) is 13.3. The van der Waals surface area contributed by atoms with E-state index in [4.69, 9.17) is 4.99 Å². The Morgan fingerprint density at radius 1 is 1.13 bits per heavy atom. The maximum absolute atomic E-state index is 14.1. The van der Waals surface area contributed by atoms with Gasteiger partial charge in [-0.3, -0.25) is 14.6 Å². The van der Waals surface area contributed by atoms with E-state index in [0.717, 1.165) is 50.5 Å². The summed E-state index contributed by atoms with van der Waals surface area (Å²) >= 11 is 0. The molecular formula is C29H34FN7O2. The van der Waals surface area contributed by atoms with Gasteiger partial charge in [0.05, 0.1) is 12.6 Å². The average Bonchev–Trinajstić information content (AvgIpc) is 3.58. The predicted octanol–water partition coefficient (Wildman–Crippen LogP) is 4.74. The van der Waals surface area contributed by atoms with Crippen LogP contribution in [0.1, 0.15) is 92.1 Å². The fraction of sp³-hybridized carbons (Fsp3) is 0.448. The van der Waals surface area contributed by atoms with E-state index in [0.29, 0.717) is 28.6 Å². The van der Waals surface area contributed by atoms with Crippen molar-refractivity contribution in [3.8, 4) is 0 Å². The number of hydrogen-bond donors (Lipinski definition) is 2. The van der Waals surface area contributed by atoms with E-state index in [1.165, 1.54) is 12.1 Å². The molecule has 1 aliphatic heterocycles. The van der Waals surface area contributed by atoms with Gasteiger partial charge in [-0.15, -0.1) is 10.2 Å². The predicted molar refractivity (Wildman–Crippen MR) is 144 cm³/mol. The third kappa shape index (κ3) is 5.46. The summed E-state index contributed by atoms with van der Waals surface area (Å²) in [5, 5.41) is 16.3. The standard InChI is InChI=1S/C29H34FN7O2/c1-3-5-24(20-6-8-22(9-7-20)27(38)31-18-25-33-35-36-34-25)37-28(39)26(21-10-12-23(30)13-11-21)32-29(37)16-14-19(4-2)15-17-29/h6-13,19,24H,3-5,14-18H2,1-2H3,(H,31,38)(H,33,34,35,36)/t19?,24-,29?/m1/s1. The van der Waals surface area contributed by atoms with Gasteiger partial charge in [-0.1, -0.05) is 44.0 Å². The molecule has 0 saturated heterocycles. The van der Waals surface area contributed by atoms with Crippen LogP contribution in [-0.2, 0) is 11.3 Å². The maximum Gasteiger partial charge on any atom is 0.275 e. The third-order valence-corrected chi connectivity index (χ3v) is 8.02. The normalized spacial score (nSPS) is 21.7. The molecule has 1 fully saturated rings. The molecule has 2 amide bonds. The number of tetrazole rings is 1. The Morgan fingerprint density at radius 2 is 1.85 bits per heavy atom. The quantitative estimate of drug-likeness (QED) is 0.414. The maximum atomic E-state index is 14.1.